The van der Waals surface area contributed by atoms with Crippen LogP contribution in [0.15, 0.2) is 42.6 Å². The number of para-hydroxylation sites is 2. The molecule has 0 aliphatic carbocycles. The number of benzene rings is 1. The maximum atomic E-state index is 13.5. The molecule has 0 amide bonds. The Morgan fingerprint density at radius 1 is 1.18 bits per heavy atom. The first kappa shape index (κ1) is 18.3. The summed E-state index contributed by atoms with van der Waals surface area (Å²) in [6, 6.07) is 9.80. The van der Waals surface area contributed by atoms with Crippen LogP contribution in [0.25, 0.3) is 11.0 Å². The Bertz CT molecular complexity index is 986. The van der Waals surface area contributed by atoms with Crippen molar-refractivity contribution in [2.75, 3.05) is 31.2 Å². The molecule has 0 N–H and O–H groups in total. The molecule has 1 aromatic carbocycles. The van der Waals surface area contributed by atoms with Crippen molar-refractivity contribution in [1.82, 2.24) is 14.5 Å². The van der Waals surface area contributed by atoms with Gasteiger partial charge in [-0.15, -0.1) is 0 Å². The Labute approximate surface area is 159 Å². The van der Waals surface area contributed by atoms with E-state index in [2.05, 4.69) is 9.97 Å². The van der Waals surface area contributed by atoms with Crippen LogP contribution >= 0.6 is 0 Å². The Morgan fingerprint density at radius 3 is 2.75 bits per heavy atom. The number of carbonyl (C=O) groups excluding carboxylic acids is 1. The molecule has 1 saturated heterocycles. The number of morpholine rings is 1. The third-order valence-electron chi connectivity index (χ3n) is 4.51. The molecule has 146 valence electrons. The number of rotatable bonds is 5. The van der Waals surface area contributed by atoms with Crippen LogP contribution in [0.2, 0.25) is 0 Å². The van der Waals surface area contributed by atoms with Crippen molar-refractivity contribution in [3.63, 3.8) is 0 Å². The Hall–Kier alpha value is -3.07. The van der Waals surface area contributed by atoms with E-state index < -0.39 is 12.5 Å². The molecule has 1 aliphatic heterocycles. The molecule has 0 atom stereocenters. The molecule has 9 heteroatoms. The first-order valence-electron chi connectivity index (χ1n) is 8.84. The van der Waals surface area contributed by atoms with E-state index in [-0.39, 0.29) is 18.0 Å². The number of esters is 1. The van der Waals surface area contributed by atoms with Crippen molar-refractivity contribution in [2.24, 2.45) is 0 Å². The summed E-state index contributed by atoms with van der Waals surface area (Å²) in [6.07, 6.45) is 1.60. The van der Waals surface area contributed by atoms with Gasteiger partial charge in [0.2, 0.25) is 0 Å². The van der Waals surface area contributed by atoms with Gasteiger partial charge in [0.15, 0.2) is 5.82 Å². The van der Waals surface area contributed by atoms with Gasteiger partial charge in [0.25, 0.3) is 0 Å². The molecule has 0 saturated carbocycles. The summed E-state index contributed by atoms with van der Waals surface area (Å²) in [5.41, 5.74) is 0.993. The minimum Gasteiger partial charge on any atom is -0.454 e. The molecule has 3 heterocycles. The van der Waals surface area contributed by atoms with Crippen LogP contribution in [0.1, 0.15) is 22.7 Å². The Balaban J connectivity index is 1.56. The molecule has 7 nitrogen and oxygen atoms in total. The monoisotopic (exact) mass is 388 g/mol. The van der Waals surface area contributed by atoms with E-state index in [1.165, 1.54) is 0 Å². The second kappa shape index (κ2) is 7.89. The highest BCUT2D eigenvalue weighted by atomic mass is 19.3. The largest absolute Gasteiger partial charge is 0.454 e. The average molecular weight is 388 g/mol. The number of pyridine rings is 1. The van der Waals surface area contributed by atoms with Gasteiger partial charge in [-0.25, -0.2) is 14.8 Å². The molecular formula is C19H18F2N4O3. The standard InChI is InChI=1S/C19H18F2N4O3/c20-19(21)25-15-6-2-1-5-14(15)23-16(25)12-28-18(26)13-4-3-7-22-17(13)24-8-10-27-11-9-24/h1-7,19H,8-12H2. The number of carbonyl (C=O) groups is 1. The molecule has 0 bridgehead atoms. The second-order valence-corrected chi connectivity index (χ2v) is 6.21. The highest BCUT2D eigenvalue weighted by Gasteiger charge is 2.23. The van der Waals surface area contributed by atoms with Crippen molar-refractivity contribution in [1.29, 1.82) is 0 Å². The van der Waals surface area contributed by atoms with Gasteiger partial charge in [-0.05, 0) is 24.3 Å². The number of hydrogen-bond acceptors (Lipinski definition) is 6. The van der Waals surface area contributed by atoms with E-state index in [0.29, 0.717) is 43.2 Å². The van der Waals surface area contributed by atoms with Gasteiger partial charge < -0.3 is 14.4 Å². The quantitative estimate of drug-likeness (QED) is 0.626. The van der Waals surface area contributed by atoms with Gasteiger partial charge in [-0.2, -0.15) is 8.78 Å². The molecule has 28 heavy (non-hydrogen) atoms. The maximum absolute atomic E-state index is 13.5. The van der Waals surface area contributed by atoms with Gasteiger partial charge in [-0.3, -0.25) is 4.57 Å². The van der Waals surface area contributed by atoms with Gasteiger partial charge in [0.1, 0.15) is 18.0 Å². The number of imidazole rings is 1. The SMILES string of the molecule is O=C(OCc1nc2ccccc2n1C(F)F)c1cccnc1N1CCOCC1. The summed E-state index contributed by atoms with van der Waals surface area (Å²) < 4.78 is 38.4. The van der Waals surface area contributed by atoms with Gasteiger partial charge in [0, 0.05) is 19.3 Å². The van der Waals surface area contributed by atoms with E-state index in [1.807, 2.05) is 4.90 Å². The zero-order valence-corrected chi connectivity index (χ0v) is 14.9. The summed E-state index contributed by atoms with van der Waals surface area (Å²) >= 11 is 0. The number of hydrogen-bond donors (Lipinski definition) is 0. The van der Waals surface area contributed by atoms with Crippen LogP contribution in [-0.2, 0) is 16.1 Å². The topological polar surface area (TPSA) is 69.5 Å². The lowest BCUT2D eigenvalue weighted by Gasteiger charge is -2.28. The maximum Gasteiger partial charge on any atom is 0.342 e. The third kappa shape index (κ3) is 3.53. The summed E-state index contributed by atoms with van der Waals surface area (Å²) in [7, 11) is 0. The van der Waals surface area contributed by atoms with Crippen LogP contribution in [0.4, 0.5) is 14.6 Å². The molecule has 3 aromatic rings. The lowest BCUT2D eigenvalue weighted by Crippen LogP contribution is -2.37. The van der Waals surface area contributed by atoms with Crippen molar-refractivity contribution < 1.29 is 23.0 Å². The molecular weight excluding hydrogens is 370 g/mol. The van der Waals surface area contributed by atoms with Crippen molar-refractivity contribution >= 4 is 22.8 Å². The highest BCUT2D eigenvalue weighted by molar-refractivity contribution is 5.94. The summed E-state index contributed by atoms with van der Waals surface area (Å²) in [4.78, 5) is 23.0. The average Bonchev–Trinajstić information content (AvgIpc) is 3.11. The number of halogens is 2. The summed E-state index contributed by atoms with van der Waals surface area (Å²) in [6.45, 7) is -0.845. The minimum atomic E-state index is -2.79. The van der Waals surface area contributed by atoms with Crippen LogP contribution in [0.3, 0.4) is 0 Å². The molecule has 0 spiro atoms. The minimum absolute atomic E-state index is 0.0126. The molecule has 0 radical (unpaired) electrons. The van der Waals surface area contributed by atoms with Crippen LogP contribution in [0.5, 0.6) is 0 Å². The van der Waals surface area contributed by atoms with E-state index in [4.69, 9.17) is 9.47 Å². The van der Waals surface area contributed by atoms with E-state index in [9.17, 15) is 13.6 Å². The zero-order valence-electron chi connectivity index (χ0n) is 14.9. The van der Waals surface area contributed by atoms with Crippen LogP contribution in [0, 0.1) is 0 Å². The lowest BCUT2D eigenvalue weighted by atomic mass is 10.2. The fraction of sp³-hybridized carbons (Fsp3) is 0.316. The number of ether oxygens (including phenoxy) is 2. The van der Waals surface area contributed by atoms with E-state index in [1.54, 1.807) is 42.6 Å². The summed E-state index contributed by atoms with van der Waals surface area (Å²) in [5, 5.41) is 0. The zero-order chi connectivity index (χ0) is 19.5. The van der Waals surface area contributed by atoms with Gasteiger partial charge in [0.05, 0.1) is 24.2 Å². The second-order valence-electron chi connectivity index (χ2n) is 6.21. The number of anilines is 1. The van der Waals surface area contributed by atoms with Crippen LogP contribution < -0.4 is 4.90 Å². The normalized spacial score (nSPS) is 14.6. The molecule has 1 aliphatic rings. The number of aromatic nitrogens is 3. The molecule has 0 unspecified atom stereocenters. The Morgan fingerprint density at radius 2 is 1.96 bits per heavy atom. The predicted molar refractivity (Wildman–Crippen MR) is 97.4 cm³/mol. The number of fused-ring (bicyclic) bond motifs is 1. The first-order chi connectivity index (χ1) is 13.6. The number of alkyl halides is 2. The van der Waals surface area contributed by atoms with Gasteiger partial charge in [-0.1, -0.05) is 12.1 Å². The van der Waals surface area contributed by atoms with Gasteiger partial charge >= 0.3 is 12.5 Å². The van der Waals surface area contributed by atoms with E-state index in [0.717, 1.165) is 4.57 Å². The fourth-order valence-electron chi connectivity index (χ4n) is 3.21. The number of nitrogens with zero attached hydrogens (tertiary/aromatic N) is 4. The molecule has 2 aromatic heterocycles. The van der Waals surface area contributed by atoms with Crippen molar-refractivity contribution in [3.05, 3.63) is 54.0 Å². The summed E-state index contributed by atoms with van der Waals surface area (Å²) in [5.74, 6) is -0.151. The fourth-order valence-corrected chi connectivity index (χ4v) is 3.21. The van der Waals surface area contributed by atoms with Crippen LogP contribution in [-0.4, -0.2) is 46.8 Å². The van der Waals surface area contributed by atoms with Crippen molar-refractivity contribution in [2.45, 2.75) is 13.2 Å². The van der Waals surface area contributed by atoms with Crippen molar-refractivity contribution in [3.8, 4) is 0 Å². The predicted octanol–water partition coefficient (Wildman–Crippen LogP) is 3.02. The van der Waals surface area contributed by atoms with E-state index >= 15 is 0 Å². The first-order valence-corrected chi connectivity index (χ1v) is 8.84. The smallest absolute Gasteiger partial charge is 0.342 e. The molecule has 1 fully saturated rings. The third-order valence-corrected chi connectivity index (χ3v) is 4.51. The Kier molecular flexibility index (Phi) is 5.16. The highest BCUT2D eigenvalue weighted by Crippen LogP contribution is 2.24. The molecule has 4 rings (SSSR count). The lowest BCUT2D eigenvalue weighted by molar-refractivity contribution is 0.0387.